The van der Waals surface area contributed by atoms with E-state index in [9.17, 15) is 4.79 Å². The number of hydrogen-bond donors (Lipinski definition) is 0. The lowest BCUT2D eigenvalue weighted by atomic mass is 10.3. The summed E-state index contributed by atoms with van der Waals surface area (Å²) in [6.45, 7) is 0. The molecule has 0 saturated heterocycles. The second-order valence-corrected chi connectivity index (χ2v) is 1.98. The topological polar surface area (TPSA) is 39.2 Å². The van der Waals surface area contributed by atoms with Crippen LogP contribution in [-0.4, -0.2) is 18.4 Å². The van der Waals surface area contributed by atoms with Gasteiger partial charge in [0.2, 0.25) is 5.88 Å². The Morgan fingerprint density at radius 1 is 1.58 bits per heavy atom. The normalized spacial score (nSPS) is 8.08. The van der Waals surface area contributed by atoms with Gasteiger partial charge in [-0.15, -0.1) is 0 Å². The first-order valence-electron chi connectivity index (χ1n) is 3.32. The Bertz CT molecular complexity index is 319. The number of aldehydes is 1. The van der Waals surface area contributed by atoms with Crippen molar-refractivity contribution in [2.24, 2.45) is 0 Å². The van der Waals surface area contributed by atoms with Crippen molar-refractivity contribution in [1.82, 2.24) is 4.98 Å². The molecule has 0 aromatic carbocycles. The molecule has 0 aliphatic rings. The van der Waals surface area contributed by atoms with Crippen LogP contribution in [0.2, 0.25) is 0 Å². The standard InChI is InChI=1S/C9H7NO2/c1-12-9-5-4-8(7-10-9)3-2-6-11/h4-7H,1H3. The molecule has 1 rings (SSSR count). The highest BCUT2D eigenvalue weighted by atomic mass is 16.5. The molecule has 3 heteroatoms. The molecule has 60 valence electrons. The quantitative estimate of drug-likeness (QED) is 0.448. The van der Waals surface area contributed by atoms with E-state index in [1.165, 1.54) is 0 Å². The zero-order valence-corrected chi connectivity index (χ0v) is 6.57. The minimum atomic E-state index is 0.534. The zero-order valence-electron chi connectivity index (χ0n) is 6.57. The third kappa shape index (κ3) is 2.10. The Labute approximate surface area is 70.4 Å². The summed E-state index contributed by atoms with van der Waals surface area (Å²) in [4.78, 5) is 13.8. The number of aromatic nitrogens is 1. The fourth-order valence-electron chi connectivity index (χ4n) is 0.688. The molecule has 0 atom stereocenters. The largest absolute Gasteiger partial charge is 0.481 e. The van der Waals surface area contributed by atoms with Crippen LogP contribution in [-0.2, 0) is 4.79 Å². The van der Waals surface area contributed by atoms with Gasteiger partial charge in [0.05, 0.1) is 7.11 Å². The molecule has 0 N–H and O–H groups in total. The van der Waals surface area contributed by atoms with Crippen LogP contribution in [0.15, 0.2) is 18.3 Å². The van der Waals surface area contributed by atoms with Gasteiger partial charge in [0.25, 0.3) is 0 Å². The van der Waals surface area contributed by atoms with Crippen molar-refractivity contribution >= 4 is 6.29 Å². The number of carbonyl (C=O) groups excluding carboxylic acids is 1. The lowest BCUT2D eigenvalue weighted by Gasteiger charge is -1.95. The van der Waals surface area contributed by atoms with Crippen LogP contribution in [0.1, 0.15) is 5.56 Å². The summed E-state index contributed by atoms with van der Waals surface area (Å²) in [5.41, 5.74) is 0.697. The second-order valence-electron chi connectivity index (χ2n) is 1.98. The van der Waals surface area contributed by atoms with Gasteiger partial charge < -0.3 is 4.74 Å². The molecule has 0 radical (unpaired) electrons. The Morgan fingerprint density at radius 3 is 2.92 bits per heavy atom. The molecule has 0 fully saturated rings. The fraction of sp³-hybridized carbons (Fsp3) is 0.111. The van der Waals surface area contributed by atoms with Crippen molar-refractivity contribution in [3.05, 3.63) is 23.9 Å². The van der Waals surface area contributed by atoms with Crippen molar-refractivity contribution in [2.45, 2.75) is 0 Å². The molecule has 0 aliphatic carbocycles. The van der Waals surface area contributed by atoms with Gasteiger partial charge in [0.15, 0.2) is 6.29 Å². The predicted molar refractivity (Wildman–Crippen MR) is 43.7 cm³/mol. The highest BCUT2D eigenvalue weighted by Crippen LogP contribution is 2.04. The van der Waals surface area contributed by atoms with Gasteiger partial charge in [0.1, 0.15) is 0 Å². The van der Waals surface area contributed by atoms with Crippen LogP contribution >= 0.6 is 0 Å². The van der Waals surface area contributed by atoms with E-state index in [0.29, 0.717) is 17.7 Å². The van der Waals surface area contributed by atoms with Crippen molar-refractivity contribution in [3.8, 4) is 17.7 Å². The first-order chi connectivity index (χ1) is 5.86. The average molecular weight is 161 g/mol. The number of rotatable bonds is 1. The van der Waals surface area contributed by atoms with Crippen LogP contribution in [0, 0.1) is 11.8 Å². The summed E-state index contributed by atoms with van der Waals surface area (Å²) in [5.74, 6) is 5.43. The molecule has 1 heterocycles. The average Bonchev–Trinajstić information content (AvgIpc) is 2.15. The number of pyridine rings is 1. The van der Waals surface area contributed by atoms with Crippen LogP contribution < -0.4 is 4.74 Å². The monoisotopic (exact) mass is 161 g/mol. The summed E-state index contributed by atoms with van der Waals surface area (Å²) < 4.78 is 4.84. The van der Waals surface area contributed by atoms with Crippen molar-refractivity contribution in [1.29, 1.82) is 0 Å². The molecule has 0 aliphatic heterocycles. The van der Waals surface area contributed by atoms with Gasteiger partial charge in [-0.1, -0.05) is 5.92 Å². The second kappa shape index (κ2) is 4.14. The summed E-state index contributed by atoms with van der Waals surface area (Å²) in [6.07, 6.45) is 2.10. The number of carbonyl (C=O) groups is 1. The number of ether oxygens (including phenoxy) is 1. The Hall–Kier alpha value is -1.82. The van der Waals surface area contributed by atoms with Crippen LogP contribution in [0.3, 0.4) is 0 Å². The smallest absolute Gasteiger partial charge is 0.212 e. The van der Waals surface area contributed by atoms with Gasteiger partial charge in [0, 0.05) is 17.8 Å². The number of methoxy groups -OCH3 is 1. The lowest BCUT2D eigenvalue weighted by Crippen LogP contribution is -1.86. The molecule has 0 amide bonds. The molecular weight excluding hydrogens is 154 g/mol. The maximum atomic E-state index is 9.88. The van der Waals surface area contributed by atoms with Gasteiger partial charge in [-0.2, -0.15) is 0 Å². The van der Waals surface area contributed by atoms with E-state index in [0.717, 1.165) is 0 Å². The van der Waals surface area contributed by atoms with Crippen LogP contribution in [0.25, 0.3) is 0 Å². The third-order valence-electron chi connectivity index (χ3n) is 1.22. The number of nitrogens with zero attached hydrogens (tertiary/aromatic N) is 1. The maximum absolute atomic E-state index is 9.88. The molecular formula is C9H7NO2. The minimum absolute atomic E-state index is 0.534. The Kier molecular flexibility index (Phi) is 2.86. The molecule has 0 unspecified atom stereocenters. The summed E-state index contributed by atoms with van der Waals surface area (Å²) in [5, 5.41) is 0. The van der Waals surface area contributed by atoms with E-state index in [1.807, 2.05) is 0 Å². The van der Waals surface area contributed by atoms with Gasteiger partial charge in [-0.25, -0.2) is 4.98 Å². The SMILES string of the molecule is COc1ccc(C#CC=O)cn1. The fourth-order valence-corrected chi connectivity index (χ4v) is 0.688. The van der Waals surface area contributed by atoms with Gasteiger partial charge >= 0.3 is 0 Å². The molecule has 0 saturated carbocycles. The van der Waals surface area contributed by atoms with Gasteiger partial charge in [-0.05, 0) is 12.0 Å². The highest BCUT2D eigenvalue weighted by Gasteiger charge is 1.90. The zero-order chi connectivity index (χ0) is 8.81. The molecule has 12 heavy (non-hydrogen) atoms. The third-order valence-corrected chi connectivity index (χ3v) is 1.22. The maximum Gasteiger partial charge on any atom is 0.212 e. The van der Waals surface area contributed by atoms with E-state index in [2.05, 4.69) is 16.8 Å². The van der Waals surface area contributed by atoms with E-state index >= 15 is 0 Å². The van der Waals surface area contributed by atoms with Crippen molar-refractivity contribution < 1.29 is 9.53 Å². The van der Waals surface area contributed by atoms with Gasteiger partial charge in [-0.3, -0.25) is 4.79 Å². The molecule has 0 bridgehead atoms. The van der Waals surface area contributed by atoms with E-state index in [4.69, 9.17) is 4.74 Å². The minimum Gasteiger partial charge on any atom is -0.481 e. The van der Waals surface area contributed by atoms with Crippen molar-refractivity contribution in [3.63, 3.8) is 0 Å². The summed E-state index contributed by atoms with van der Waals surface area (Å²) >= 11 is 0. The van der Waals surface area contributed by atoms with E-state index < -0.39 is 0 Å². The van der Waals surface area contributed by atoms with Crippen LogP contribution in [0.4, 0.5) is 0 Å². The lowest BCUT2D eigenvalue weighted by molar-refractivity contribution is -0.103. The summed E-state index contributed by atoms with van der Waals surface area (Å²) in [7, 11) is 1.54. The molecule has 0 spiro atoms. The molecule has 3 nitrogen and oxygen atoms in total. The summed E-state index contributed by atoms with van der Waals surface area (Å²) in [6, 6.07) is 3.43. The van der Waals surface area contributed by atoms with Crippen LogP contribution in [0.5, 0.6) is 5.88 Å². The number of hydrogen-bond acceptors (Lipinski definition) is 3. The highest BCUT2D eigenvalue weighted by molar-refractivity contribution is 5.73. The molecule has 1 aromatic heterocycles. The van der Waals surface area contributed by atoms with E-state index in [-0.39, 0.29) is 0 Å². The molecule has 1 aromatic rings. The Morgan fingerprint density at radius 2 is 2.42 bits per heavy atom. The Balaban J connectivity index is 2.84. The van der Waals surface area contributed by atoms with E-state index in [1.54, 1.807) is 25.4 Å². The predicted octanol–water partition coefficient (Wildman–Crippen LogP) is 0.641. The first-order valence-corrected chi connectivity index (χ1v) is 3.32. The van der Waals surface area contributed by atoms with Crippen molar-refractivity contribution in [2.75, 3.05) is 7.11 Å². The first kappa shape index (κ1) is 8.28.